The largest absolute Gasteiger partial charge is 0.489 e. The van der Waals surface area contributed by atoms with Crippen LogP contribution in [0.15, 0.2) is 60.7 Å². The number of hydrogen-bond acceptors (Lipinski definition) is 4. The van der Waals surface area contributed by atoms with Crippen molar-refractivity contribution in [2.24, 2.45) is 5.92 Å². The van der Waals surface area contributed by atoms with E-state index in [1.807, 2.05) is 50.2 Å². The van der Waals surface area contributed by atoms with Gasteiger partial charge in [-0.15, -0.1) is 0 Å². The third-order valence-electron chi connectivity index (χ3n) is 6.64. The molecular formula is C29H37N2O4+. The first-order valence-corrected chi connectivity index (χ1v) is 12.4. The minimum Gasteiger partial charge on any atom is -0.489 e. The lowest BCUT2D eigenvalue weighted by molar-refractivity contribution is -0.896. The van der Waals surface area contributed by atoms with Gasteiger partial charge in [0.1, 0.15) is 18.3 Å². The highest BCUT2D eigenvalue weighted by Crippen LogP contribution is 2.39. The minimum absolute atomic E-state index is 0.321. The molecule has 6 nitrogen and oxygen atoms in total. The molecule has 0 bridgehead atoms. The van der Waals surface area contributed by atoms with Crippen LogP contribution in [0.3, 0.4) is 0 Å². The highest BCUT2D eigenvalue weighted by molar-refractivity contribution is 6.44. The van der Waals surface area contributed by atoms with E-state index in [-0.39, 0.29) is 5.78 Å². The van der Waals surface area contributed by atoms with Gasteiger partial charge in [0.15, 0.2) is 5.78 Å². The van der Waals surface area contributed by atoms with Gasteiger partial charge in [-0.05, 0) is 51.0 Å². The van der Waals surface area contributed by atoms with Crippen LogP contribution in [0.5, 0.6) is 5.75 Å². The number of aryl methyl sites for hydroxylation is 1. The number of quaternary nitrogens is 1. The maximum atomic E-state index is 13.6. The van der Waals surface area contributed by atoms with Crippen molar-refractivity contribution in [2.45, 2.75) is 40.2 Å². The molecule has 1 aliphatic heterocycles. The van der Waals surface area contributed by atoms with Gasteiger partial charge in [-0.2, -0.15) is 0 Å². The molecule has 3 rings (SSSR count). The number of likely N-dealkylation sites (tertiary alicyclic amines) is 1. The molecule has 1 fully saturated rings. The predicted octanol–water partition coefficient (Wildman–Crippen LogP) is 3.22. The molecular weight excluding hydrogens is 440 g/mol. The molecule has 0 aromatic heterocycles. The first-order valence-electron chi connectivity index (χ1n) is 12.4. The zero-order valence-electron chi connectivity index (χ0n) is 21.3. The van der Waals surface area contributed by atoms with Crippen molar-refractivity contribution in [1.82, 2.24) is 4.90 Å². The van der Waals surface area contributed by atoms with Crippen molar-refractivity contribution >= 4 is 17.5 Å². The molecule has 0 saturated carbocycles. The Morgan fingerprint density at radius 3 is 2.40 bits per heavy atom. The van der Waals surface area contributed by atoms with E-state index in [0.717, 1.165) is 42.8 Å². The maximum Gasteiger partial charge on any atom is 0.291 e. The summed E-state index contributed by atoms with van der Waals surface area (Å²) in [6, 6.07) is 13.8. The van der Waals surface area contributed by atoms with Gasteiger partial charge in [-0.25, -0.2) is 0 Å². The zero-order valence-corrected chi connectivity index (χ0v) is 21.3. The Morgan fingerprint density at radius 2 is 1.77 bits per heavy atom. The monoisotopic (exact) mass is 477 g/mol. The van der Waals surface area contributed by atoms with Gasteiger partial charge in [0.05, 0.1) is 25.7 Å². The fourth-order valence-electron chi connectivity index (χ4n) is 4.59. The van der Waals surface area contributed by atoms with Crippen LogP contribution < -0.4 is 9.64 Å². The van der Waals surface area contributed by atoms with Gasteiger partial charge in [0.2, 0.25) is 5.78 Å². The number of carbonyl (C=O) groups excluding carboxylic acids is 3. The highest BCUT2D eigenvalue weighted by atomic mass is 16.5. The SMILES string of the molecule is C=C(C)COc1cccc(C2C(C(=O)c3ccc(C)cc3)C(=O)C(=O)N2CCC[NH+](CC)CC)c1. The molecule has 6 heteroatoms. The van der Waals surface area contributed by atoms with Gasteiger partial charge in [-0.1, -0.05) is 48.5 Å². The number of amides is 1. The average Bonchev–Trinajstić information content (AvgIpc) is 3.10. The molecule has 1 saturated heterocycles. The van der Waals surface area contributed by atoms with Crippen molar-refractivity contribution in [3.8, 4) is 5.75 Å². The molecule has 2 unspecified atom stereocenters. The Morgan fingerprint density at radius 1 is 1.09 bits per heavy atom. The van der Waals surface area contributed by atoms with Crippen LogP contribution in [0.2, 0.25) is 0 Å². The van der Waals surface area contributed by atoms with Gasteiger partial charge >= 0.3 is 0 Å². The van der Waals surface area contributed by atoms with Crippen molar-refractivity contribution in [2.75, 3.05) is 32.8 Å². The van der Waals surface area contributed by atoms with E-state index >= 15 is 0 Å². The standard InChI is InChI=1S/C29H36N2O4/c1-6-30(7-2)16-9-17-31-26(23-10-8-11-24(18-23)35-19-20(3)4)25(28(33)29(31)34)27(32)22-14-12-21(5)13-15-22/h8,10-15,18,25-26H,3,6-7,9,16-17,19H2,1-2,4-5H3/p+1. The second-order valence-corrected chi connectivity index (χ2v) is 9.39. The van der Waals surface area contributed by atoms with E-state index in [1.54, 1.807) is 17.0 Å². The predicted molar refractivity (Wildman–Crippen MR) is 137 cm³/mol. The zero-order chi connectivity index (χ0) is 25.5. The first-order chi connectivity index (χ1) is 16.8. The van der Waals surface area contributed by atoms with Gasteiger partial charge in [-0.3, -0.25) is 14.4 Å². The van der Waals surface area contributed by atoms with Crippen molar-refractivity contribution in [3.63, 3.8) is 0 Å². The molecule has 35 heavy (non-hydrogen) atoms. The van der Waals surface area contributed by atoms with Gasteiger partial charge in [0.25, 0.3) is 5.91 Å². The lowest BCUT2D eigenvalue weighted by Gasteiger charge is -2.28. The van der Waals surface area contributed by atoms with Crippen LogP contribution in [0.25, 0.3) is 0 Å². The highest BCUT2D eigenvalue weighted by Gasteiger charge is 2.51. The fourth-order valence-corrected chi connectivity index (χ4v) is 4.59. The molecule has 2 aromatic carbocycles. The number of hydrogen-bond donors (Lipinski definition) is 1. The van der Waals surface area contributed by atoms with Crippen LogP contribution in [0.4, 0.5) is 0 Å². The smallest absolute Gasteiger partial charge is 0.291 e. The van der Waals surface area contributed by atoms with Crippen LogP contribution in [-0.4, -0.2) is 55.2 Å². The van der Waals surface area contributed by atoms with E-state index in [1.165, 1.54) is 4.90 Å². The van der Waals surface area contributed by atoms with Crippen molar-refractivity contribution in [1.29, 1.82) is 0 Å². The third-order valence-corrected chi connectivity index (χ3v) is 6.64. The summed E-state index contributed by atoms with van der Waals surface area (Å²) in [7, 11) is 0. The molecule has 0 aliphatic carbocycles. The Bertz CT molecular complexity index is 1070. The molecule has 1 aliphatic rings. The average molecular weight is 478 g/mol. The summed E-state index contributed by atoms with van der Waals surface area (Å²) in [6.45, 7) is 15.7. The van der Waals surface area contributed by atoms with Crippen LogP contribution in [0.1, 0.15) is 54.7 Å². The van der Waals surface area contributed by atoms with E-state index in [0.29, 0.717) is 24.5 Å². The number of nitrogens with zero attached hydrogens (tertiary/aromatic N) is 1. The number of Topliss-reactive ketones (excluding diaryl/α,β-unsaturated/α-hetero) is 2. The van der Waals surface area contributed by atoms with E-state index in [2.05, 4.69) is 20.4 Å². The Labute approximate surface area is 208 Å². The summed E-state index contributed by atoms with van der Waals surface area (Å²) >= 11 is 0. The number of nitrogens with one attached hydrogen (secondary N) is 1. The molecule has 1 heterocycles. The number of carbonyl (C=O) groups is 3. The normalized spacial score (nSPS) is 17.8. The fraction of sp³-hybridized carbons (Fsp3) is 0.414. The number of ether oxygens (including phenoxy) is 1. The summed E-state index contributed by atoms with van der Waals surface area (Å²) in [5.74, 6) is -2.00. The number of ketones is 2. The van der Waals surface area contributed by atoms with Gasteiger partial charge < -0.3 is 14.5 Å². The third kappa shape index (κ3) is 6.25. The quantitative estimate of drug-likeness (QED) is 0.221. The van der Waals surface area contributed by atoms with Crippen LogP contribution >= 0.6 is 0 Å². The van der Waals surface area contributed by atoms with E-state index in [9.17, 15) is 14.4 Å². The summed E-state index contributed by atoms with van der Waals surface area (Å²) in [4.78, 5) is 43.0. The Kier molecular flexibility index (Phi) is 8.99. The molecule has 0 radical (unpaired) electrons. The minimum atomic E-state index is -1.08. The van der Waals surface area contributed by atoms with Crippen molar-refractivity contribution < 1.29 is 24.0 Å². The molecule has 1 N–H and O–H groups in total. The number of benzene rings is 2. The first kappa shape index (κ1) is 26.4. The molecule has 2 aromatic rings. The molecule has 2 atom stereocenters. The summed E-state index contributed by atoms with van der Waals surface area (Å²) in [6.07, 6.45) is 0.754. The number of rotatable bonds is 12. The Balaban J connectivity index is 1.96. The van der Waals surface area contributed by atoms with E-state index < -0.39 is 23.7 Å². The second-order valence-electron chi connectivity index (χ2n) is 9.39. The molecule has 0 spiro atoms. The van der Waals surface area contributed by atoms with E-state index in [4.69, 9.17) is 4.74 Å². The Hall–Kier alpha value is -3.25. The van der Waals surface area contributed by atoms with Gasteiger partial charge in [0, 0.05) is 18.5 Å². The summed E-state index contributed by atoms with van der Waals surface area (Å²) in [5.41, 5.74) is 3.07. The molecule has 1 amide bonds. The second kappa shape index (κ2) is 11.9. The lowest BCUT2D eigenvalue weighted by atomic mass is 9.86. The summed E-state index contributed by atoms with van der Waals surface area (Å²) < 4.78 is 5.82. The molecule has 186 valence electrons. The lowest BCUT2D eigenvalue weighted by Crippen LogP contribution is -3.11. The topological polar surface area (TPSA) is 68.1 Å². The van der Waals surface area contributed by atoms with Crippen LogP contribution in [0, 0.1) is 12.8 Å². The maximum absolute atomic E-state index is 13.6. The summed E-state index contributed by atoms with van der Waals surface area (Å²) in [5, 5.41) is 0. The van der Waals surface area contributed by atoms with Crippen molar-refractivity contribution in [3.05, 3.63) is 77.4 Å². The van der Waals surface area contributed by atoms with Crippen LogP contribution in [-0.2, 0) is 9.59 Å².